The quantitative estimate of drug-likeness (QED) is 0.237. The maximum Gasteiger partial charge on any atom is 0.271 e. The summed E-state index contributed by atoms with van der Waals surface area (Å²) < 4.78 is 6.08. The van der Waals surface area contributed by atoms with Gasteiger partial charge in [0.05, 0.1) is 11.1 Å². The second-order valence-corrected chi connectivity index (χ2v) is 7.75. The van der Waals surface area contributed by atoms with E-state index in [1.807, 2.05) is 42.5 Å². The number of nitro benzene ring substituents is 1. The lowest BCUT2D eigenvalue weighted by molar-refractivity contribution is -0.384. The van der Waals surface area contributed by atoms with Gasteiger partial charge in [0.15, 0.2) is 0 Å². The first kappa shape index (κ1) is 24.7. The molecule has 176 valence electrons. The number of benzene rings is 3. The Labute approximate surface area is 203 Å². The topological polar surface area (TPSA) is 97.1 Å². The maximum absolute atomic E-state index is 12.3. The highest BCUT2D eigenvalue weighted by atomic mass is 35.5. The molecule has 0 aliphatic rings. The molecule has 9 heteroatoms. The zero-order valence-corrected chi connectivity index (χ0v) is 19.7. The summed E-state index contributed by atoms with van der Waals surface area (Å²) in [4.78, 5) is 24.8. The number of non-ortho nitro benzene ring substituents is 1. The molecule has 0 aliphatic heterocycles. The first-order valence-electron chi connectivity index (χ1n) is 10.7. The van der Waals surface area contributed by atoms with Crippen LogP contribution in [0.25, 0.3) is 0 Å². The number of carbonyl (C=O) groups is 1. The molecule has 1 amide bonds. The van der Waals surface area contributed by atoms with Crippen LogP contribution in [0.3, 0.4) is 0 Å². The predicted octanol–water partition coefficient (Wildman–Crippen LogP) is 5.44. The lowest BCUT2D eigenvalue weighted by Crippen LogP contribution is -2.21. The van der Waals surface area contributed by atoms with E-state index in [1.54, 1.807) is 0 Å². The number of hydrogen-bond acceptors (Lipinski definition) is 6. The maximum atomic E-state index is 12.3. The zero-order chi connectivity index (χ0) is 24.5. The highest BCUT2D eigenvalue weighted by Gasteiger charge is 2.10. The Morgan fingerprint density at radius 1 is 1.09 bits per heavy atom. The Hall–Kier alpha value is -3.91. The first-order valence-corrected chi connectivity index (χ1v) is 11.1. The van der Waals surface area contributed by atoms with Gasteiger partial charge >= 0.3 is 0 Å². The molecule has 0 aromatic heterocycles. The van der Waals surface area contributed by atoms with Crippen LogP contribution in [0.5, 0.6) is 5.75 Å². The fraction of sp³-hybridized carbons (Fsp3) is 0.200. The monoisotopic (exact) mass is 480 g/mol. The Morgan fingerprint density at radius 3 is 2.38 bits per heavy atom. The number of nitro groups is 1. The van der Waals surface area contributed by atoms with Gasteiger partial charge in [-0.3, -0.25) is 14.9 Å². The standard InChI is InChI=1S/C25H25ClN4O4/c1-3-29(4-2)23-14-9-20(24(15-23)34-17-18-5-10-21(26)11-6-18)16-27-28-25(31)19-7-12-22(13-8-19)30(32)33/h5-16H,3-4,17H2,1-2H3,(H,28,31)/b27-16-. The minimum absolute atomic E-state index is 0.0872. The van der Waals surface area contributed by atoms with E-state index in [4.69, 9.17) is 16.3 Å². The molecular weight excluding hydrogens is 456 g/mol. The molecule has 3 aromatic carbocycles. The smallest absolute Gasteiger partial charge is 0.271 e. The van der Waals surface area contributed by atoms with Gasteiger partial charge in [-0.1, -0.05) is 23.7 Å². The third-order valence-electron chi connectivity index (χ3n) is 5.14. The number of anilines is 1. The molecule has 8 nitrogen and oxygen atoms in total. The third kappa shape index (κ3) is 6.55. The molecule has 0 saturated carbocycles. The van der Waals surface area contributed by atoms with E-state index in [2.05, 4.69) is 29.3 Å². The molecule has 3 aromatic rings. The van der Waals surface area contributed by atoms with Crippen molar-refractivity contribution in [2.24, 2.45) is 5.10 Å². The summed E-state index contributed by atoms with van der Waals surface area (Å²) in [6.07, 6.45) is 1.51. The summed E-state index contributed by atoms with van der Waals surface area (Å²) in [6, 6.07) is 18.5. The van der Waals surface area contributed by atoms with Gasteiger partial charge in [0.1, 0.15) is 12.4 Å². The average Bonchev–Trinajstić information content (AvgIpc) is 2.85. The molecular formula is C25H25ClN4O4. The number of rotatable bonds is 10. The molecule has 0 spiro atoms. The molecule has 34 heavy (non-hydrogen) atoms. The van der Waals surface area contributed by atoms with Crippen molar-refractivity contribution in [1.82, 2.24) is 5.43 Å². The second-order valence-electron chi connectivity index (χ2n) is 7.31. The van der Waals surface area contributed by atoms with Crippen molar-refractivity contribution >= 4 is 35.1 Å². The van der Waals surface area contributed by atoms with E-state index in [0.29, 0.717) is 22.9 Å². The van der Waals surface area contributed by atoms with Gasteiger partial charge in [-0.2, -0.15) is 5.10 Å². The predicted molar refractivity (Wildman–Crippen MR) is 134 cm³/mol. The van der Waals surface area contributed by atoms with Crippen molar-refractivity contribution in [2.75, 3.05) is 18.0 Å². The number of ether oxygens (including phenoxy) is 1. The number of halogens is 1. The van der Waals surface area contributed by atoms with Crippen LogP contribution in [0.4, 0.5) is 11.4 Å². The van der Waals surface area contributed by atoms with Gasteiger partial charge in [0.25, 0.3) is 11.6 Å². The van der Waals surface area contributed by atoms with Crippen molar-refractivity contribution in [3.63, 3.8) is 0 Å². The van der Waals surface area contributed by atoms with Crippen LogP contribution in [-0.2, 0) is 6.61 Å². The molecule has 0 radical (unpaired) electrons. The largest absolute Gasteiger partial charge is 0.488 e. The number of carbonyl (C=O) groups excluding carboxylic acids is 1. The summed E-state index contributed by atoms with van der Waals surface area (Å²) >= 11 is 5.96. The average molecular weight is 481 g/mol. The molecule has 0 bridgehead atoms. The second kappa shape index (κ2) is 11.8. The molecule has 0 atom stereocenters. The number of nitrogens with zero attached hydrogens (tertiary/aromatic N) is 3. The van der Waals surface area contributed by atoms with Crippen molar-refractivity contribution in [3.8, 4) is 5.75 Å². The first-order chi connectivity index (χ1) is 16.4. The van der Waals surface area contributed by atoms with Gasteiger partial charge in [-0.15, -0.1) is 0 Å². The van der Waals surface area contributed by atoms with E-state index in [-0.39, 0.29) is 11.3 Å². The summed E-state index contributed by atoms with van der Waals surface area (Å²) in [5.74, 6) is 0.141. The number of hydrazone groups is 1. The highest BCUT2D eigenvalue weighted by Crippen LogP contribution is 2.26. The molecule has 0 aliphatic carbocycles. The Bertz CT molecular complexity index is 1160. The minimum Gasteiger partial charge on any atom is -0.488 e. The normalized spacial score (nSPS) is 10.8. The van der Waals surface area contributed by atoms with Gasteiger partial charge in [-0.25, -0.2) is 5.43 Å². The van der Waals surface area contributed by atoms with Crippen LogP contribution in [-0.4, -0.2) is 30.1 Å². The van der Waals surface area contributed by atoms with Crippen LogP contribution in [0.2, 0.25) is 5.02 Å². The number of amides is 1. The van der Waals surface area contributed by atoms with Crippen LogP contribution < -0.4 is 15.1 Å². The minimum atomic E-state index is -0.521. The van der Waals surface area contributed by atoms with Crippen LogP contribution in [0.15, 0.2) is 71.8 Å². The summed E-state index contributed by atoms with van der Waals surface area (Å²) in [6.45, 7) is 6.22. The Kier molecular flexibility index (Phi) is 8.59. The van der Waals surface area contributed by atoms with Crippen LogP contribution in [0.1, 0.15) is 35.3 Å². The van der Waals surface area contributed by atoms with Crippen molar-refractivity contribution in [3.05, 3.63) is 98.6 Å². The fourth-order valence-electron chi connectivity index (χ4n) is 3.24. The highest BCUT2D eigenvalue weighted by molar-refractivity contribution is 6.30. The molecule has 0 unspecified atom stereocenters. The molecule has 1 N–H and O–H groups in total. The van der Waals surface area contributed by atoms with Gasteiger partial charge in [0.2, 0.25) is 0 Å². The van der Waals surface area contributed by atoms with Crippen LogP contribution in [0, 0.1) is 10.1 Å². The summed E-state index contributed by atoms with van der Waals surface area (Å²) in [7, 11) is 0. The molecule has 0 saturated heterocycles. The van der Waals surface area contributed by atoms with Gasteiger partial charge in [-0.05, 0) is 55.8 Å². The van der Waals surface area contributed by atoms with E-state index >= 15 is 0 Å². The SMILES string of the molecule is CCN(CC)c1ccc(/C=N\NC(=O)c2ccc([N+](=O)[O-])cc2)c(OCc2ccc(Cl)cc2)c1. The number of nitrogens with one attached hydrogen (secondary N) is 1. The van der Waals surface area contributed by atoms with E-state index < -0.39 is 10.8 Å². The lowest BCUT2D eigenvalue weighted by atomic mass is 10.1. The molecule has 3 rings (SSSR count). The summed E-state index contributed by atoms with van der Waals surface area (Å²) in [5.41, 5.74) is 5.29. The van der Waals surface area contributed by atoms with Crippen molar-refractivity contribution in [1.29, 1.82) is 0 Å². The number of hydrogen-bond donors (Lipinski definition) is 1. The molecule has 0 fully saturated rings. The van der Waals surface area contributed by atoms with Gasteiger partial charge in [0, 0.05) is 53.1 Å². The fourth-order valence-corrected chi connectivity index (χ4v) is 3.37. The Balaban J connectivity index is 1.76. The van der Waals surface area contributed by atoms with E-state index in [0.717, 1.165) is 24.3 Å². The van der Waals surface area contributed by atoms with Crippen molar-refractivity contribution in [2.45, 2.75) is 20.5 Å². The van der Waals surface area contributed by atoms with E-state index in [9.17, 15) is 14.9 Å². The van der Waals surface area contributed by atoms with Gasteiger partial charge < -0.3 is 9.64 Å². The summed E-state index contributed by atoms with van der Waals surface area (Å²) in [5, 5.41) is 15.5. The third-order valence-corrected chi connectivity index (χ3v) is 5.40. The molecule has 0 heterocycles. The van der Waals surface area contributed by atoms with Crippen molar-refractivity contribution < 1.29 is 14.5 Å². The van der Waals surface area contributed by atoms with Crippen LogP contribution >= 0.6 is 11.6 Å². The Morgan fingerprint density at radius 2 is 1.76 bits per heavy atom. The van der Waals surface area contributed by atoms with E-state index in [1.165, 1.54) is 30.5 Å². The lowest BCUT2D eigenvalue weighted by Gasteiger charge is -2.22. The zero-order valence-electron chi connectivity index (χ0n) is 18.9.